The Balaban J connectivity index is 2.19. The van der Waals surface area contributed by atoms with Crippen molar-refractivity contribution in [3.8, 4) is 0 Å². The number of pyridine rings is 1. The van der Waals surface area contributed by atoms with Crippen molar-refractivity contribution in [3.63, 3.8) is 0 Å². The molecule has 5 heteroatoms. The van der Waals surface area contributed by atoms with Crippen molar-refractivity contribution in [1.82, 2.24) is 15.0 Å². The highest BCUT2D eigenvalue weighted by molar-refractivity contribution is 5.54. The number of nitrogens with one attached hydrogen (secondary N) is 1. The molecule has 0 radical (unpaired) electrons. The molecular weight excluding hydrogens is 214 g/mol. The van der Waals surface area contributed by atoms with E-state index in [1.807, 2.05) is 19.1 Å². The molecule has 1 atom stereocenters. The number of rotatable bonds is 3. The van der Waals surface area contributed by atoms with Gasteiger partial charge in [0.1, 0.15) is 18.0 Å². The Kier molecular flexibility index (Phi) is 3.18. The lowest BCUT2D eigenvalue weighted by Crippen LogP contribution is -2.10. The van der Waals surface area contributed by atoms with Crippen LogP contribution < -0.4 is 11.1 Å². The number of nitrogen functional groups attached to an aromatic ring is 1. The zero-order valence-corrected chi connectivity index (χ0v) is 9.88. The molecule has 88 valence electrons. The van der Waals surface area contributed by atoms with E-state index in [1.165, 1.54) is 6.33 Å². The Labute approximate surface area is 100 Å². The lowest BCUT2D eigenvalue weighted by atomic mass is 10.1. The van der Waals surface area contributed by atoms with Crippen LogP contribution in [0.5, 0.6) is 0 Å². The molecule has 0 spiro atoms. The average Bonchev–Trinajstić information content (AvgIpc) is 2.36. The highest BCUT2D eigenvalue weighted by Gasteiger charge is 2.09. The van der Waals surface area contributed by atoms with Gasteiger partial charge in [0.05, 0.1) is 6.04 Å². The summed E-state index contributed by atoms with van der Waals surface area (Å²) in [5.41, 5.74) is 7.75. The van der Waals surface area contributed by atoms with E-state index in [0.717, 1.165) is 16.9 Å². The van der Waals surface area contributed by atoms with Crippen molar-refractivity contribution in [3.05, 3.63) is 42.0 Å². The van der Waals surface area contributed by atoms with E-state index in [0.29, 0.717) is 5.82 Å². The topological polar surface area (TPSA) is 76.7 Å². The van der Waals surface area contributed by atoms with Crippen LogP contribution in [-0.4, -0.2) is 15.0 Å². The number of nitrogens with zero attached hydrogens (tertiary/aromatic N) is 3. The van der Waals surface area contributed by atoms with Crippen LogP contribution in [0.3, 0.4) is 0 Å². The van der Waals surface area contributed by atoms with Crippen LogP contribution in [0.2, 0.25) is 0 Å². The summed E-state index contributed by atoms with van der Waals surface area (Å²) in [6.07, 6.45) is 5.01. The van der Waals surface area contributed by atoms with E-state index in [1.54, 1.807) is 12.4 Å². The largest absolute Gasteiger partial charge is 0.383 e. The molecule has 0 bridgehead atoms. The average molecular weight is 229 g/mol. The predicted octanol–water partition coefficient (Wildman–Crippen LogP) is 1.94. The minimum atomic E-state index is 0.144. The van der Waals surface area contributed by atoms with E-state index >= 15 is 0 Å². The fraction of sp³-hybridized carbons (Fsp3) is 0.250. The van der Waals surface area contributed by atoms with Crippen LogP contribution in [0.4, 0.5) is 11.6 Å². The maximum absolute atomic E-state index is 5.73. The number of anilines is 2. The normalized spacial score (nSPS) is 12.1. The van der Waals surface area contributed by atoms with Gasteiger partial charge >= 0.3 is 0 Å². The smallest absolute Gasteiger partial charge is 0.134 e. The third kappa shape index (κ3) is 2.50. The molecule has 2 heterocycles. The monoisotopic (exact) mass is 229 g/mol. The van der Waals surface area contributed by atoms with Gasteiger partial charge in [-0.2, -0.15) is 0 Å². The fourth-order valence-corrected chi connectivity index (χ4v) is 1.55. The van der Waals surface area contributed by atoms with E-state index in [9.17, 15) is 0 Å². The summed E-state index contributed by atoms with van der Waals surface area (Å²) in [6.45, 7) is 3.96. The standard InChI is InChI=1S/C12H15N5/c1-8-11(13)15-7-16-12(8)17-9(2)10-3-5-14-6-4-10/h3-7,9H,1-2H3,(H3,13,15,16,17). The Hall–Kier alpha value is -2.17. The van der Waals surface area contributed by atoms with E-state index in [-0.39, 0.29) is 6.04 Å². The minimum Gasteiger partial charge on any atom is -0.383 e. The van der Waals surface area contributed by atoms with Crippen LogP contribution >= 0.6 is 0 Å². The molecule has 2 aromatic rings. The predicted molar refractivity (Wildman–Crippen MR) is 67.5 cm³/mol. The Bertz CT molecular complexity index is 498. The molecule has 17 heavy (non-hydrogen) atoms. The molecule has 0 amide bonds. The molecular formula is C12H15N5. The Morgan fingerprint density at radius 2 is 1.94 bits per heavy atom. The zero-order valence-electron chi connectivity index (χ0n) is 9.88. The van der Waals surface area contributed by atoms with E-state index < -0.39 is 0 Å². The van der Waals surface area contributed by atoms with Crippen LogP contribution in [0.25, 0.3) is 0 Å². The van der Waals surface area contributed by atoms with Crippen LogP contribution in [-0.2, 0) is 0 Å². The first kappa shape index (κ1) is 11.3. The van der Waals surface area contributed by atoms with Crippen molar-refractivity contribution in [1.29, 1.82) is 0 Å². The third-order valence-electron chi connectivity index (χ3n) is 2.68. The van der Waals surface area contributed by atoms with E-state index in [2.05, 4.69) is 27.2 Å². The first-order chi connectivity index (χ1) is 8.18. The van der Waals surface area contributed by atoms with Gasteiger partial charge in [0, 0.05) is 18.0 Å². The summed E-state index contributed by atoms with van der Waals surface area (Å²) in [6, 6.07) is 4.08. The van der Waals surface area contributed by atoms with Gasteiger partial charge < -0.3 is 11.1 Å². The molecule has 2 aromatic heterocycles. The molecule has 2 rings (SSSR count). The quantitative estimate of drug-likeness (QED) is 0.841. The van der Waals surface area contributed by atoms with Crippen LogP contribution in [0.1, 0.15) is 24.1 Å². The van der Waals surface area contributed by atoms with Gasteiger partial charge in [0.25, 0.3) is 0 Å². The molecule has 1 unspecified atom stereocenters. The van der Waals surface area contributed by atoms with Crippen molar-refractivity contribution in [2.24, 2.45) is 0 Å². The SMILES string of the molecule is Cc1c(N)ncnc1NC(C)c1ccncc1. The van der Waals surface area contributed by atoms with Gasteiger partial charge in [-0.1, -0.05) is 0 Å². The fourth-order valence-electron chi connectivity index (χ4n) is 1.55. The summed E-state index contributed by atoms with van der Waals surface area (Å²) in [5.74, 6) is 1.27. The number of hydrogen-bond donors (Lipinski definition) is 2. The van der Waals surface area contributed by atoms with Gasteiger partial charge in [-0.15, -0.1) is 0 Å². The summed E-state index contributed by atoms with van der Waals surface area (Å²) >= 11 is 0. The van der Waals surface area contributed by atoms with Crippen molar-refractivity contribution in [2.45, 2.75) is 19.9 Å². The molecule has 5 nitrogen and oxygen atoms in total. The van der Waals surface area contributed by atoms with Crippen molar-refractivity contribution >= 4 is 11.6 Å². The molecule has 0 fully saturated rings. The Morgan fingerprint density at radius 3 is 2.65 bits per heavy atom. The second-order valence-electron chi connectivity index (χ2n) is 3.88. The highest BCUT2D eigenvalue weighted by atomic mass is 15.1. The van der Waals surface area contributed by atoms with Crippen molar-refractivity contribution < 1.29 is 0 Å². The Morgan fingerprint density at radius 1 is 1.24 bits per heavy atom. The maximum atomic E-state index is 5.73. The van der Waals surface area contributed by atoms with Crippen LogP contribution in [0.15, 0.2) is 30.9 Å². The van der Waals surface area contributed by atoms with Gasteiger partial charge in [-0.3, -0.25) is 4.98 Å². The second kappa shape index (κ2) is 4.78. The van der Waals surface area contributed by atoms with Crippen LogP contribution in [0, 0.1) is 6.92 Å². The lowest BCUT2D eigenvalue weighted by molar-refractivity contribution is 0.865. The number of hydrogen-bond acceptors (Lipinski definition) is 5. The highest BCUT2D eigenvalue weighted by Crippen LogP contribution is 2.21. The molecule has 0 aliphatic heterocycles. The van der Waals surface area contributed by atoms with Gasteiger partial charge in [-0.25, -0.2) is 9.97 Å². The molecule has 0 aliphatic carbocycles. The van der Waals surface area contributed by atoms with Gasteiger partial charge in [0.2, 0.25) is 0 Å². The zero-order chi connectivity index (χ0) is 12.3. The van der Waals surface area contributed by atoms with Gasteiger partial charge in [0.15, 0.2) is 0 Å². The third-order valence-corrected chi connectivity index (χ3v) is 2.68. The summed E-state index contributed by atoms with van der Waals surface area (Å²) < 4.78 is 0. The maximum Gasteiger partial charge on any atom is 0.134 e. The first-order valence-corrected chi connectivity index (χ1v) is 5.42. The molecule has 0 saturated carbocycles. The summed E-state index contributed by atoms with van der Waals surface area (Å²) in [7, 11) is 0. The molecule has 0 aliphatic rings. The van der Waals surface area contributed by atoms with Gasteiger partial charge in [-0.05, 0) is 31.5 Å². The molecule has 0 saturated heterocycles. The van der Waals surface area contributed by atoms with E-state index in [4.69, 9.17) is 5.73 Å². The minimum absolute atomic E-state index is 0.144. The number of nitrogens with two attached hydrogens (primary N) is 1. The second-order valence-corrected chi connectivity index (χ2v) is 3.88. The summed E-state index contributed by atoms with van der Waals surface area (Å²) in [4.78, 5) is 12.1. The molecule has 0 aromatic carbocycles. The number of aromatic nitrogens is 3. The molecule has 3 N–H and O–H groups in total. The van der Waals surface area contributed by atoms with Crippen molar-refractivity contribution in [2.75, 3.05) is 11.1 Å². The lowest BCUT2D eigenvalue weighted by Gasteiger charge is -2.16. The first-order valence-electron chi connectivity index (χ1n) is 5.42. The summed E-state index contributed by atoms with van der Waals surface area (Å²) in [5, 5.41) is 3.31.